The van der Waals surface area contributed by atoms with Gasteiger partial charge in [0.15, 0.2) is 0 Å². The van der Waals surface area contributed by atoms with Crippen molar-refractivity contribution in [3.05, 3.63) is 84.1 Å². The van der Waals surface area contributed by atoms with E-state index < -0.39 is 24.3 Å². The second-order valence-corrected chi connectivity index (χ2v) is 8.00. The second-order valence-electron chi connectivity index (χ2n) is 8.00. The molecule has 5 nitrogen and oxygen atoms in total. The first-order chi connectivity index (χ1) is 17.3. The molecule has 0 spiro atoms. The van der Waals surface area contributed by atoms with E-state index in [0.717, 1.165) is 18.2 Å². The Morgan fingerprint density at radius 3 is 2.31 bits per heavy atom. The molecule has 3 aromatic carbocycles. The van der Waals surface area contributed by atoms with Gasteiger partial charge in [0, 0.05) is 47.4 Å². The van der Waals surface area contributed by atoms with Crippen molar-refractivity contribution in [2.75, 3.05) is 13.1 Å². The molecule has 0 saturated heterocycles. The summed E-state index contributed by atoms with van der Waals surface area (Å²) in [4.78, 5) is 14.2. The van der Waals surface area contributed by atoms with Crippen molar-refractivity contribution in [3.63, 3.8) is 0 Å². The lowest BCUT2D eigenvalue weighted by molar-refractivity contribution is -0.0504. The molecule has 0 fully saturated rings. The van der Waals surface area contributed by atoms with E-state index in [9.17, 15) is 22.4 Å². The first-order valence-electron chi connectivity index (χ1n) is 11.4. The summed E-state index contributed by atoms with van der Waals surface area (Å²) >= 11 is 0. The Morgan fingerprint density at radius 2 is 1.64 bits per heavy atom. The molecular weight excluding hydrogens is 476 g/mol. The first kappa shape index (κ1) is 25.1. The lowest BCUT2D eigenvalue weighted by atomic mass is 10.00. The Hall–Kier alpha value is -4.01. The summed E-state index contributed by atoms with van der Waals surface area (Å²) in [7, 11) is 0. The smallest absolute Gasteiger partial charge is 0.415 e. The molecule has 1 heterocycles. The van der Waals surface area contributed by atoms with Crippen LogP contribution in [0.1, 0.15) is 19.4 Å². The van der Waals surface area contributed by atoms with E-state index in [1.807, 2.05) is 13.8 Å². The Labute approximate surface area is 205 Å². The summed E-state index contributed by atoms with van der Waals surface area (Å²) in [6, 6.07) is 14.5. The minimum Gasteiger partial charge on any atom is -0.434 e. The topological polar surface area (TPSA) is 43.7 Å². The largest absolute Gasteiger partial charge is 0.434 e. The van der Waals surface area contributed by atoms with Crippen LogP contribution in [-0.2, 0) is 6.54 Å². The standard InChI is InChI=1S/C27H24F4N2O3/c1-3-32(4-2)27(34)36-24-10-9-22-21(25(24)18-13-19(28)15-20(29)14-18)11-12-33(22)16-17-7-5-6-8-23(17)35-26(30)31/h5-15,26H,3-4,16H2,1-2H3. The summed E-state index contributed by atoms with van der Waals surface area (Å²) in [6.07, 6.45) is 1.13. The maximum absolute atomic E-state index is 14.2. The van der Waals surface area contributed by atoms with Gasteiger partial charge in [-0.2, -0.15) is 8.78 Å². The molecule has 0 unspecified atom stereocenters. The molecule has 0 N–H and O–H groups in total. The number of para-hydroxylation sites is 1. The average Bonchev–Trinajstić information content (AvgIpc) is 3.22. The number of fused-ring (bicyclic) bond motifs is 1. The van der Waals surface area contributed by atoms with Crippen LogP contribution in [-0.4, -0.2) is 35.3 Å². The van der Waals surface area contributed by atoms with Crippen molar-refractivity contribution in [2.24, 2.45) is 0 Å². The number of hydrogen-bond donors (Lipinski definition) is 0. The number of alkyl halides is 2. The number of rotatable bonds is 8. The zero-order valence-corrected chi connectivity index (χ0v) is 19.7. The average molecular weight is 500 g/mol. The zero-order chi connectivity index (χ0) is 25.8. The number of carbonyl (C=O) groups is 1. The van der Waals surface area contributed by atoms with Crippen LogP contribution in [0.5, 0.6) is 11.5 Å². The quantitative estimate of drug-likeness (QED) is 0.243. The van der Waals surface area contributed by atoms with Crippen LogP contribution in [0.3, 0.4) is 0 Å². The van der Waals surface area contributed by atoms with Crippen LogP contribution < -0.4 is 9.47 Å². The molecule has 1 aromatic heterocycles. The SMILES string of the molecule is CCN(CC)C(=O)Oc1ccc2c(ccn2Cc2ccccc2OC(F)F)c1-c1cc(F)cc(F)c1. The van der Waals surface area contributed by atoms with E-state index >= 15 is 0 Å². The number of amides is 1. The zero-order valence-electron chi connectivity index (χ0n) is 19.7. The second kappa shape index (κ2) is 10.7. The maximum Gasteiger partial charge on any atom is 0.415 e. The highest BCUT2D eigenvalue weighted by molar-refractivity contribution is 5.99. The lowest BCUT2D eigenvalue weighted by Crippen LogP contribution is -2.33. The third-order valence-corrected chi connectivity index (χ3v) is 5.81. The van der Waals surface area contributed by atoms with Crippen molar-refractivity contribution in [1.29, 1.82) is 0 Å². The minimum atomic E-state index is -2.97. The van der Waals surface area contributed by atoms with Gasteiger partial charge in [0.1, 0.15) is 23.1 Å². The van der Waals surface area contributed by atoms with Gasteiger partial charge in [-0.1, -0.05) is 18.2 Å². The van der Waals surface area contributed by atoms with Crippen molar-refractivity contribution in [1.82, 2.24) is 9.47 Å². The molecule has 9 heteroatoms. The predicted octanol–water partition coefficient (Wildman–Crippen LogP) is 7.08. The van der Waals surface area contributed by atoms with E-state index in [2.05, 4.69) is 4.74 Å². The Morgan fingerprint density at radius 1 is 0.944 bits per heavy atom. The fraction of sp³-hybridized carbons (Fsp3) is 0.222. The third-order valence-electron chi connectivity index (χ3n) is 5.81. The predicted molar refractivity (Wildman–Crippen MR) is 128 cm³/mol. The molecule has 0 aliphatic carbocycles. The molecule has 1 amide bonds. The van der Waals surface area contributed by atoms with Gasteiger partial charge in [-0.05, 0) is 55.8 Å². The third kappa shape index (κ3) is 5.30. The number of hydrogen-bond acceptors (Lipinski definition) is 3. The van der Waals surface area contributed by atoms with Gasteiger partial charge in [-0.15, -0.1) is 0 Å². The molecule has 0 aliphatic rings. The van der Waals surface area contributed by atoms with E-state index in [1.54, 1.807) is 47.2 Å². The van der Waals surface area contributed by atoms with Gasteiger partial charge in [0.25, 0.3) is 0 Å². The van der Waals surface area contributed by atoms with Crippen LogP contribution in [0, 0.1) is 11.6 Å². The minimum absolute atomic E-state index is 0.0477. The van der Waals surface area contributed by atoms with E-state index in [-0.39, 0.29) is 23.6 Å². The Bertz CT molecular complexity index is 1360. The van der Waals surface area contributed by atoms with Crippen molar-refractivity contribution < 1.29 is 31.8 Å². The van der Waals surface area contributed by atoms with Crippen LogP contribution in [0.2, 0.25) is 0 Å². The Kier molecular flexibility index (Phi) is 7.47. The van der Waals surface area contributed by atoms with Crippen LogP contribution in [0.15, 0.2) is 66.9 Å². The summed E-state index contributed by atoms with van der Waals surface area (Å²) in [5.74, 6) is -1.36. The maximum atomic E-state index is 14.2. The fourth-order valence-electron chi connectivity index (χ4n) is 4.14. The van der Waals surface area contributed by atoms with Crippen molar-refractivity contribution in [3.8, 4) is 22.6 Å². The highest BCUT2D eigenvalue weighted by Gasteiger charge is 2.20. The Balaban J connectivity index is 1.83. The highest BCUT2D eigenvalue weighted by Crippen LogP contribution is 2.39. The van der Waals surface area contributed by atoms with Crippen LogP contribution in [0.4, 0.5) is 22.4 Å². The van der Waals surface area contributed by atoms with Crippen LogP contribution >= 0.6 is 0 Å². The molecular formula is C27H24F4N2O3. The molecule has 36 heavy (non-hydrogen) atoms. The van der Waals surface area contributed by atoms with Crippen molar-refractivity contribution in [2.45, 2.75) is 27.0 Å². The van der Waals surface area contributed by atoms with E-state index in [1.165, 1.54) is 11.0 Å². The summed E-state index contributed by atoms with van der Waals surface area (Å²) < 4.78 is 66.1. The van der Waals surface area contributed by atoms with Crippen LogP contribution in [0.25, 0.3) is 22.0 Å². The molecule has 188 valence electrons. The molecule has 4 aromatic rings. The molecule has 0 radical (unpaired) electrons. The summed E-state index contributed by atoms with van der Waals surface area (Å²) in [6.45, 7) is 1.71. The van der Waals surface area contributed by atoms with Gasteiger partial charge < -0.3 is 18.9 Å². The van der Waals surface area contributed by atoms with E-state index in [0.29, 0.717) is 35.1 Å². The van der Waals surface area contributed by atoms with Gasteiger partial charge >= 0.3 is 12.7 Å². The molecule has 0 aliphatic heterocycles. The number of halogens is 4. The van der Waals surface area contributed by atoms with Gasteiger partial charge in [0.05, 0.1) is 6.54 Å². The van der Waals surface area contributed by atoms with Gasteiger partial charge in [0.2, 0.25) is 0 Å². The van der Waals surface area contributed by atoms with Gasteiger partial charge in [-0.3, -0.25) is 0 Å². The summed E-state index contributed by atoms with van der Waals surface area (Å²) in [5.41, 5.74) is 1.69. The normalized spacial score (nSPS) is 11.2. The molecule has 0 saturated carbocycles. The van der Waals surface area contributed by atoms with E-state index in [4.69, 9.17) is 4.74 Å². The fourth-order valence-corrected chi connectivity index (χ4v) is 4.14. The molecule has 0 atom stereocenters. The number of aromatic nitrogens is 1. The first-order valence-corrected chi connectivity index (χ1v) is 11.4. The number of carbonyl (C=O) groups excluding carboxylic acids is 1. The van der Waals surface area contributed by atoms with Crippen molar-refractivity contribution >= 4 is 17.0 Å². The molecule has 0 bridgehead atoms. The van der Waals surface area contributed by atoms with Gasteiger partial charge in [-0.25, -0.2) is 13.6 Å². The monoisotopic (exact) mass is 500 g/mol. The molecule has 4 rings (SSSR count). The number of nitrogens with zero attached hydrogens (tertiary/aromatic N) is 2. The number of ether oxygens (including phenoxy) is 2. The number of benzene rings is 3. The highest BCUT2D eigenvalue weighted by atomic mass is 19.3. The summed E-state index contributed by atoms with van der Waals surface area (Å²) in [5, 5.41) is 0.567. The lowest BCUT2D eigenvalue weighted by Gasteiger charge is -2.20.